The monoisotopic (exact) mass is 399 g/mol. The number of benzene rings is 2. The van der Waals surface area contributed by atoms with Crippen LogP contribution >= 0.6 is 0 Å². The van der Waals surface area contributed by atoms with Crippen molar-refractivity contribution < 1.29 is 79.8 Å². The van der Waals surface area contributed by atoms with Crippen molar-refractivity contribution in [3.8, 4) is 23.0 Å². The molecule has 1 aliphatic heterocycles. The molecule has 140 valence electrons. The first-order chi connectivity index (χ1) is 12.9. The van der Waals surface area contributed by atoms with Crippen LogP contribution in [0.1, 0.15) is 0 Å². The fourth-order valence-electron chi connectivity index (χ4n) is 2.42. The Morgan fingerprint density at radius 1 is 0.407 bits per heavy atom. The van der Waals surface area contributed by atoms with Crippen LogP contribution in [-0.4, -0.2) is 52.9 Å². The molecule has 2 aromatic rings. The molecule has 1 aliphatic rings. The predicted molar refractivity (Wildman–Crippen MR) is 96.5 cm³/mol. The van der Waals surface area contributed by atoms with Crippen LogP contribution in [0.4, 0.5) is 0 Å². The number of para-hydroxylation sites is 4. The van der Waals surface area contributed by atoms with E-state index >= 15 is 0 Å². The van der Waals surface area contributed by atoms with E-state index < -0.39 is 0 Å². The van der Waals surface area contributed by atoms with Crippen LogP contribution < -0.4 is 70.3 Å². The van der Waals surface area contributed by atoms with Crippen molar-refractivity contribution in [2.24, 2.45) is 0 Å². The molecule has 0 bridgehead atoms. The first-order valence-corrected chi connectivity index (χ1v) is 8.78. The second kappa shape index (κ2) is 13.4. The van der Waals surface area contributed by atoms with Gasteiger partial charge in [-0.2, -0.15) is 0 Å². The molecule has 3 rings (SSSR count). The third kappa shape index (κ3) is 7.99. The Morgan fingerprint density at radius 2 is 0.667 bits per heavy atom. The molecule has 0 aromatic heterocycles. The van der Waals surface area contributed by atoms with Crippen LogP contribution in [0.2, 0.25) is 0 Å². The maximum Gasteiger partial charge on any atom is 1.00 e. The molecule has 0 spiro atoms. The molecule has 27 heavy (non-hydrogen) atoms. The molecule has 0 saturated heterocycles. The Balaban J connectivity index is 0.00000261. The van der Waals surface area contributed by atoms with E-state index in [1.165, 1.54) is 0 Å². The molecule has 0 N–H and O–H groups in total. The van der Waals surface area contributed by atoms with Gasteiger partial charge in [-0.15, -0.1) is 0 Å². The van der Waals surface area contributed by atoms with Gasteiger partial charge in [-0.1, -0.05) is 24.3 Å². The minimum absolute atomic E-state index is 0. The molecule has 0 saturated carbocycles. The Kier molecular flexibility index (Phi) is 11.1. The summed E-state index contributed by atoms with van der Waals surface area (Å²) >= 11 is 0. The largest absolute Gasteiger partial charge is 1.00 e. The van der Waals surface area contributed by atoms with Gasteiger partial charge >= 0.3 is 51.4 Å². The summed E-state index contributed by atoms with van der Waals surface area (Å²) in [6.07, 6.45) is 0. The molecular formula is C20H24KO6+. The van der Waals surface area contributed by atoms with E-state index in [0.29, 0.717) is 75.9 Å². The first kappa shape index (κ1) is 22.5. The summed E-state index contributed by atoms with van der Waals surface area (Å²) in [5.41, 5.74) is 0. The van der Waals surface area contributed by atoms with Crippen molar-refractivity contribution in [3.63, 3.8) is 0 Å². The fraction of sp³-hybridized carbons (Fsp3) is 0.400. The summed E-state index contributed by atoms with van der Waals surface area (Å²) in [6.45, 7) is 3.65. The maximum atomic E-state index is 5.74. The molecule has 2 aromatic carbocycles. The molecule has 6 nitrogen and oxygen atoms in total. The number of fused-ring (bicyclic) bond motifs is 2. The van der Waals surface area contributed by atoms with E-state index in [1.54, 1.807) is 0 Å². The van der Waals surface area contributed by atoms with E-state index in [1.807, 2.05) is 48.5 Å². The molecule has 0 aliphatic carbocycles. The number of hydrogen-bond donors (Lipinski definition) is 0. The first-order valence-electron chi connectivity index (χ1n) is 8.78. The van der Waals surface area contributed by atoms with Gasteiger partial charge in [0, 0.05) is 0 Å². The molecule has 0 unspecified atom stereocenters. The second-order valence-corrected chi connectivity index (χ2v) is 5.51. The Labute approximate surface area is 202 Å². The van der Waals surface area contributed by atoms with Crippen LogP contribution in [0.15, 0.2) is 48.5 Å². The third-order valence-electron chi connectivity index (χ3n) is 3.64. The number of hydrogen-bond acceptors (Lipinski definition) is 6. The topological polar surface area (TPSA) is 55.4 Å². The van der Waals surface area contributed by atoms with Crippen LogP contribution in [0, 0.1) is 0 Å². The number of ether oxygens (including phenoxy) is 6. The standard InChI is InChI=1S/C20H24O6.K/c1-2-6-18-17(5-1)23-13-9-21-11-15-25-19-7-3-4-8-20(19)26-16-12-22-10-14-24-18;/h1-8H,9-16H2;/q;+1. The summed E-state index contributed by atoms with van der Waals surface area (Å²) in [5, 5.41) is 0. The average Bonchev–Trinajstić information content (AvgIpc) is 2.68. The van der Waals surface area contributed by atoms with Crippen molar-refractivity contribution in [3.05, 3.63) is 48.5 Å². The molecule has 0 fully saturated rings. The average molecular weight is 400 g/mol. The van der Waals surface area contributed by atoms with Crippen molar-refractivity contribution in [2.45, 2.75) is 0 Å². The van der Waals surface area contributed by atoms with Crippen molar-refractivity contribution in [2.75, 3.05) is 52.9 Å². The van der Waals surface area contributed by atoms with Gasteiger partial charge in [0.25, 0.3) is 0 Å². The zero-order valence-corrected chi connectivity index (χ0v) is 18.8. The third-order valence-corrected chi connectivity index (χ3v) is 3.64. The van der Waals surface area contributed by atoms with E-state index in [4.69, 9.17) is 28.4 Å². The molecule has 0 atom stereocenters. The van der Waals surface area contributed by atoms with Crippen LogP contribution in [0.3, 0.4) is 0 Å². The molecule has 7 heteroatoms. The summed E-state index contributed by atoms with van der Waals surface area (Å²) < 4.78 is 34.1. The van der Waals surface area contributed by atoms with Gasteiger partial charge in [-0.25, -0.2) is 0 Å². The number of rotatable bonds is 0. The predicted octanol–water partition coefficient (Wildman–Crippen LogP) is -0.0472. The van der Waals surface area contributed by atoms with Gasteiger partial charge in [-0.05, 0) is 24.3 Å². The normalized spacial score (nSPS) is 16.3. The minimum atomic E-state index is 0. The second-order valence-electron chi connectivity index (χ2n) is 5.51. The molecule has 1 heterocycles. The van der Waals surface area contributed by atoms with Crippen LogP contribution in [0.5, 0.6) is 23.0 Å². The summed E-state index contributed by atoms with van der Waals surface area (Å²) in [6, 6.07) is 15.2. The van der Waals surface area contributed by atoms with Crippen molar-refractivity contribution >= 4 is 0 Å². The van der Waals surface area contributed by atoms with Gasteiger partial charge < -0.3 is 28.4 Å². The van der Waals surface area contributed by atoms with Gasteiger partial charge in [-0.3, -0.25) is 0 Å². The van der Waals surface area contributed by atoms with Crippen molar-refractivity contribution in [1.29, 1.82) is 0 Å². The van der Waals surface area contributed by atoms with E-state index in [9.17, 15) is 0 Å². The van der Waals surface area contributed by atoms with E-state index in [2.05, 4.69) is 0 Å². The summed E-state index contributed by atoms with van der Waals surface area (Å²) in [4.78, 5) is 0. The Morgan fingerprint density at radius 3 is 0.926 bits per heavy atom. The Hall–Kier alpha value is -0.804. The molecule has 0 radical (unpaired) electrons. The van der Waals surface area contributed by atoms with Crippen LogP contribution in [-0.2, 0) is 9.47 Å². The van der Waals surface area contributed by atoms with E-state index in [0.717, 1.165) is 0 Å². The summed E-state index contributed by atoms with van der Waals surface area (Å²) in [5.74, 6) is 2.80. The fourth-order valence-corrected chi connectivity index (χ4v) is 2.42. The van der Waals surface area contributed by atoms with Gasteiger partial charge in [0.05, 0.1) is 26.4 Å². The van der Waals surface area contributed by atoms with Crippen LogP contribution in [0.25, 0.3) is 0 Å². The SMILES string of the molecule is [K+].c1ccc2c(c1)OCCOCCOc1ccccc1OCCOCCO2. The van der Waals surface area contributed by atoms with Gasteiger partial charge in [0.2, 0.25) is 0 Å². The quantitative estimate of drug-likeness (QED) is 0.579. The zero-order valence-electron chi connectivity index (χ0n) is 15.7. The maximum absolute atomic E-state index is 5.74. The minimum Gasteiger partial charge on any atom is -0.487 e. The molecular weight excluding hydrogens is 375 g/mol. The van der Waals surface area contributed by atoms with Gasteiger partial charge in [0.15, 0.2) is 23.0 Å². The van der Waals surface area contributed by atoms with E-state index in [-0.39, 0.29) is 51.4 Å². The Bertz CT molecular complexity index is 555. The summed E-state index contributed by atoms with van der Waals surface area (Å²) in [7, 11) is 0. The smallest absolute Gasteiger partial charge is 0.487 e. The van der Waals surface area contributed by atoms with Crippen molar-refractivity contribution in [1.82, 2.24) is 0 Å². The zero-order chi connectivity index (χ0) is 17.9. The van der Waals surface area contributed by atoms with Gasteiger partial charge in [0.1, 0.15) is 26.4 Å². The molecule has 0 amide bonds.